The van der Waals surface area contributed by atoms with E-state index in [0.29, 0.717) is 59.3 Å². The first kappa shape index (κ1) is 32.4. The molecule has 3 aromatic rings. The molecular weight excluding hydrogens is 582 g/mol. The van der Waals surface area contributed by atoms with Crippen LogP contribution in [0.3, 0.4) is 0 Å². The highest BCUT2D eigenvalue weighted by Crippen LogP contribution is 2.35. The average Bonchev–Trinajstić information content (AvgIpc) is 3.00. The lowest BCUT2D eigenvalue weighted by Gasteiger charge is -2.38. The highest BCUT2D eigenvalue weighted by atomic mass is 35.5. The molecule has 3 amide bonds. The maximum atomic E-state index is 13.2. The molecule has 0 aliphatic carbocycles. The van der Waals surface area contributed by atoms with Crippen molar-refractivity contribution in [2.24, 2.45) is 0 Å². The van der Waals surface area contributed by atoms with Crippen molar-refractivity contribution in [1.29, 1.82) is 0 Å². The maximum Gasteiger partial charge on any atom is 0.338 e. The minimum absolute atomic E-state index is 0.157. The molecule has 1 aliphatic heterocycles. The van der Waals surface area contributed by atoms with Gasteiger partial charge in [0.2, 0.25) is 0 Å². The van der Waals surface area contributed by atoms with Gasteiger partial charge < -0.3 is 29.3 Å². The fourth-order valence-corrected chi connectivity index (χ4v) is 5.10. The molecule has 1 N–H and O–H groups in total. The largest absolute Gasteiger partial charge is 0.490 e. The Morgan fingerprint density at radius 1 is 0.955 bits per heavy atom. The van der Waals surface area contributed by atoms with Gasteiger partial charge in [-0.1, -0.05) is 41.9 Å². The van der Waals surface area contributed by atoms with Crippen molar-refractivity contribution in [2.75, 3.05) is 33.4 Å². The summed E-state index contributed by atoms with van der Waals surface area (Å²) in [4.78, 5) is 42.7. The van der Waals surface area contributed by atoms with Crippen LogP contribution in [0.2, 0.25) is 5.02 Å². The standard InChI is InChI=1S/C34H38ClN3O6/c1-23(2)44-33(40)30-24(3)36-34(41)38(31(30)26-10-8-11-27(35)22-26)19-9-18-37(4)32(39)25-14-16-29(17-15-25)43-21-20-42-28-12-6-5-7-13-28/h5-8,10-17,22-23,31H,9,18-21H2,1-4H3,(H,36,41). The summed E-state index contributed by atoms with van der Waals surface area (Å²) in [6.07, 6.45) is 0.142. The second-order valence-electron chi connectivity index (χ2n) is 10.7. The van der Waals surface area contributed by atoms with E-state index in [-0.39, 0.29) is 24.6 Å². The minimum Gasteiger partial charge on any atom is -0.490 e. The van der Waals surface area contributed by atoms with Gasteiger partial charge >= 0.3 is 12.0 Å². The zero-order valence-electron chi connectivity index (χ0n) is 25.4. The van der Waals surface area contributed by atoms with Crippen LogP contribution in [-0.2, 0) is 9.53 Å². The number of nitrogens with one attached hydrogen (secondary N) is 1. The number of para-hydroxylation sites is 1. The first-order valence-electron chi connectivity index (χ1n) is 14.5. The molecule has 44 heavy (non-hydrogen) atoms. The molecule has 0 saturated heterocycles. The lowest BCUT2D eigenvalue weighted by atomic mass is 9.93. The van der Waals surface area contributed by atoms with Crippen LogP contribution in [0, 0.1) is 0 Å². The van der Waals surface area contributed by atoms with Crippen molar-refractivity contribution in [3.05, 3.63) is 106 Å². The van der Waals surface area contributed by atoms with Crippen molar-refractivity contribution >= 4 is 29.5 Å². The number of amides is 3. The summed E-state index contributed by atoms with van der Waals surface area (Å²) in [5, 5.41) is 3.29. The topological polar surface area (TPSA) is 97.4 Å². The van der Waals surface area contributed by atoms with Crippen molar-refractivity contribution in [3.63, 3.8) is 0 Å². The van der Waals surface area contributed by atoms with Crippen molar-refractivity contribution < 1.29 is 28.6 Å². The van der Waals surface area contributed by atoms with Gasteiger partial charge in [-0.25, -0.2) is 9.59 Å². The van der Waals surface area contributed by atoms with E-state index in [9.17, 15) is 14.4 Å². The molecule has 232 valence electrons. The van der Waals surface area contributed by atoms with Gasteiger partial charge in [-0.05, 0) is 81.3 Å². The zero-order chi connectivity index (χ0) is 31.6. The van der Waals surface area contributed by atoms with E-state index in [1.54, 1.807) is 80.1 Å². The molecule has 1 aliphatic rings. The predicted molar refractivity (Wildman–Crippen MR) is 169 cm³/mol. The molecule has 0 aromatic heterocycles. The highest BCUT2D eigenvalue weighted by molar-refractivity contribution is 6.30. The molecule has 1 atom stereocenters. The van der Waals surface area contributed by atoms with Gasteiger partial charge in [0.15, 0.2) is 0 Å². The monoisotopic (exact) mass is 619 g/mol. The quantitative estimate of drug-likeness (QED) is 0.179. The third kappa shape index (κ3) is 8.54. The Labute approximate surface area is 263 Å². The number of hydrogen-bond acceptors (Lipinski definition) is 6. The first-order chi connectivity index (χ1) is 21.1. The van der Waals surface area contributed by atoms with E-state index in [4.69, 9.17) is 25.8 Å². The van der Waals surface area contributed by atoms with Gasteiger partial charge in [0, 0.05) is 36.4 Å². The fourth-order valence-electron chi connectivity index (χ4n) is 4.90. The Bertz CT molecular complexity index is 1480. The molecule has 10 heteroatoms. The van der Waals surface area contributed by atoms with Crippen LogP contribution in [0.4, 0.5) is 4.79 Å². The average molecular weight is 620 g/mol. The lowest BCUT2D eigenvalue weighted by molar-refractivity contribution is -0.143. The molecule has 0 saturated carbocycles. The van der Waals surface area contributed by atoms with Crippen LogP contribution in [0.5, 0.6) is 11.5 Å². The van der Waals surface area contributed by atoms with Crippen molar-refractivity contribution in [2.45, 2.75) is 39.3 Å². The van der Waals surface area contributed by atoms with Crippen LogP contribution in [-0.4, -0.2) is 67.2 Å². The summed E-state index contributed by atoms with van der Waals surface area (Å²) in [6, 6.07) is 22.5. The van der Waals surface area contributed by atoms with Gasteiger partial charge in [-0.3, -0.25) is 4.79 Å². The Hall–Kier alpha value is -4.50. The second-order valence-corrected chi connectivity index (χ2v) is 11.1. The zero-order valence-corrected chi connectivity index (χ0v) is 26.2. The third-order valence-corrected chi connectivity index (χ3v) is 7.21. The van der Waals surface area contributed by atoms with Crippen LogP contribution < -0.4 is 14.8 Å². The van der Waals surface area contributed by atoms with Crippen LogP contribution >= 0.6 is 11.6 Å². The summed E-state index contributed by atoms with van der Waals surface area (Å²) in [5.41, 5.74) is 2.00. The van der Waals surface area contributed by atoms with E-state index in [1.165, 1.54) is 0 Å². The third-order valence-electron chi connectivity index (χ3n) is 6.98. The number of carbonyl (C=O) groups excluding carboxylic acids is 3. The van der Waals surface area contributed by atoms with Gasteiger partial charge in [0.05, 0.1) is 17.7 Å². The molecule has 0 bridgehead atoms. The Morgan fingerprint density at radius 2 is 1.61 bits per heavy atom. The summed E-state index contributed by atoms with van der Waals surface area (Å²) in [7, 11) is 1.72. The van der Waals surface area contributed by atoms with Gasteiger partial charge in [0.1, 0.15) is 24.7 Å². The lowest BCUT2D eigenvalue weighted by Crippen LogP contribution is -2.49. The number of nitrogens with zero attached hydrogens (tertiary/aromatic N) is 2. The molecule has 0 radical (unpaired) electrons. The highest BCUT2D eigenvalue weighted by Gasteiger charge is 2.38. The van der Waals surface area contributed by atoms with E-state index in [1.807, 2.05) is 36.4 Å². The van der Waals surface area contributed by atoms with Gasteiger partial charge in [-0.15, -0.1) is 0 Å². The summed E-state index contributed by atoms with van der Waals surface area (Å²) in [5.74, 6) is 0.757. The Balaban J connectivity index is 1.36. The molecule has 1 unspecified atom stereocenters. The number of rotatable bonds is 13. The minimum atomic E-state index is -0.694. The number of hydrogen-bond donors (Lipinski definition) is 1. The predicted octanol–water partition coefficient (Wildman–Crippen LogP) is 6.25. The first-order valence-corrected chi connectivity index (χ1v) is 14.9. The number of ether oxygens (including phenoxy) is 3. The van der Waals surface area contributed by atoms with E-state index >= 15 is 0 Å². The van der Waals surface area contributed by atoms with Crippen molar-refractivity contribution in [1.82, 2.24) is 15.1 Å². The van der Waals surface area contributed by atoms with Gasteiger partial charge in [-0.2, -0.15) is 0 Å². The summed E-state index contributed by atoms with van der Waals surface area (Å²) in [6.45, 7) is 6.67. The van der Waals surface area contributed by atoms with Gasteiger partial charge in [0.25, 0.3) is 5.91 Å². The summed E-state index contributed by atoms with van der Waals surface area (Å²) >= 11 is 6.29. The Kier molecular flexibility index (Phi) is 11.3. The molecule has 0 fully saturated rings. The smallest absolute Gasteiger partial charge is 0.338 e. The molecule has 3 aromatic carbocycles. The van der Waals surface area contributed by atoms with Crippen LogP contribution in [0.1, 0.15) is 49.2 Å². The SMILES string of the molecule is CC1=C(C(=O)OC(C)C)C(c2cccc(Cl)c2)N(CCCN(C)C(=O)c2ccc(OCCOc3ccccc3)cc2)C(=O)N1. The molecule has 9 nitrogen and oxygen atoms in total. The second kappa shape index (κ2) is 15.3. The maximum absolute atomic E-state index is 13.2. The summed E-state index contributed by atoms with van der Waals surface area (Å²) < 4.78 is 16.9. The van der Waals surface area contributed by atoms with E-state index in [0.717, 1.165) is 5.75 Å². The number of allylic oxidation sites excluding steroid dienone is 1. The van der Waals surface area contributed by atoms with E-state index < -0.39 is 12.0 Å². The van der Waals surface area contributed by atoms with Crippen molar-refractivity contribution in [3.8, 4) is 11.5 Å². The van der Waals surface area contributed by atoms with Crippen LogP contribution in [0.25, 0.3) is 0 Å². The van der Waals surface area contributed by atoms with Crippen LogP contribution in [0.15, 0.2) is 90.1 Å². The molecule has 1 heterocycles. The number of carbonyl (C=O) groups is 3. The fraction of sp³-hybridized carbons (Fsp3) is 0.324. The number of benzene rings is 3. The molecular formula is C34H38ClN3O6. The number of urea groups is 1. The number of halogens is 1. The van der Waals surface area contributed by atoms with E-state index in [2.05, 4.69) is 5.32 Å². The molecule has 4 rings (SSSR count). The number of esters is 1. The Morgan fingerprint density at radius 3 is 2.25 bits per heavy atom. The molecule has 0 spiro atoms. The normalized spacial score (nSPS) is 14.7.